The van der Waals surface area contributed by atoms with Gasteiger partial charge < -0.3 is 5.11 Å². The molecule has 1 rings (SSSR count). The fourth-order valence-corrected chi connectivity index (χ4v) is 2.47. The molecule has 15 heavy (non-hydrogen) atoms. The van der Waals surface area contributed by atoms with Gasteiger partial charge in [-0.3, -0.25) is 4.72 Å². The number of aliphatic hydroxyl groups is 1. The van der Waals surface area contributed by atoms with Crippen LogP contribution in [0, 0.1) is 0 Å². The second-order valence-electron chi connectivity index (χ2n) is 2.97. The third kappa shape index (κ3) is 4.07. The van der Waals surface area contributed by atoms with Crippen LogP contribution in [0.4, 0.5) is 5.69 Å². The van der Waals surface area contributed by atoms with Gasteiger partial charge in [-0.05, 0) is 17.7 Å². The van der Waals surface area contributed by atoms with Gasteiger partial charge in [0.25, 0.3) is 0 Å². The summed E-state index contributed by atoms with van der Waals surface area (Å²) in [6.07, 6.45) is 0. The SMILES string of the molecule is O=S(=O)(CCCl)Nc1cccc(CO)c1. The Balaban J connectivity index is 2.80. The fraction of sp³-hybridized carbons (Fsp3) is 0.333. The highest BCUT2D eigenvalue weighted by molar-refractivity contribution is 7.92. The first-order chi connectivity index (χ1) is 7.07. The zero-order valence-corrected chi connectivity index (χ0v) is 9.55. The monoisotopic (exact) mass is 249 g/mol. The molecule has 0 saturated carbocycles. The first kappa shape index (κ1) is 12.3. The molecule has 6 heteroatoms. The smallest absolute Gasteiger partial charge is 0.233 e. The molecule has 0 fully saturated rings. The highest BCUT2D eigenvalue weighted by Crippen LogP contribution is 2.12. The Labute approximate surface area is 93.9 Å². The van der Waals surface area contributed by atoms with Crippen LogP contribution in [0.5, 0.6) is 0 Å². The summed E-state index contributed by atoms with van der Waals surface area (Å²) in [6.45, 7) is -0.120. The van der Waals surface area contributed by atoms with Crippen molar-refractivity contribution in [2.24, 2.45) is 0 Å². The summed E-state index contributed by atoms with van der Waals surface area (Å²) >= 11 is 5.35. The summed E-state index contributed by atoms with van der Waals surface area (Å²) in [6, 6.07) is 6.57. The lowest BCUT2D eigenvalue weighted by Gasteiger charge is -2.07. The first-order valence-corrected chi connectivity index (χ1v) is 6.52. The van der Waals surface area contributed by atoms with E-state index in [0.29, 0.717) is 11.3 Å². The van der Waals surface area contributed by atoms with Gasteiger partial charge in [0.1, 0.15) is 0 Å². The summed E-state index contributed by atoms with van der Waals surface area (Å²) in [7, 11) is -3.37. The minimum Gasteiger partial charge on any atom is -0.392 e. The number of hydrogen-bond acceptors (Lipinski definition) is 3. The predicted molar refractivity (Wildman–Crippen MR) is 60.5 cm³/mol. The van der Waals surface area contributed by atoms with Crippen molar-refractivity contribution in [1.82, 2.24) is 0 Å². The summed E-state index contributed by atoms with van der Waals surface area (Å²) < 4.78 is 25.1. The van der Waals surface area contributed by atoms with E-state index in [2.05, 4.69) is 4.72 Å². The molecule has 0 aliphatic heterocycles. The molecule has 0 saturated heterocycles. The van der Waals surface area contributed by atoms with Crippen molar-refractivity contribution in [3.63, 3.8) is 0 Å². The molecule has 0 amide bonds. The van der Waals surface area contributed by atoms with Gasteiger partial charge in [-0.15, -0.1) is 11.6 Å². The molecule has 2 N–H and O–H groups in total. The van der Waals surface area contributed by atoms with Crippen molar-refractivity contribution in [3.05, 3.63) is 29.8 Å². The normalized spacial score (nSPS) is 11.3. The maximum atomic E-state index is 11.3. The average molecular weight is 250 g/mol. The Bertz CT molecular complexity index is 419. The van der Waals surface area contributed by atoms with Crippen molar-refractivity contribution in [2.75, 3.05) is 16.4 Å². The van der Waals surface area contributed by atoms with Crippen LogP contribution in [0.2, 0.25) is 0 Å². The number of nitrogens with one attached hydrogen (secondary N) is 1. The van der Waals surface area contributed by atoms with Crippen LogP contribution in [0.15, 0.2) is 24.3 Å². The number of benzene rings is 1. The number of sulfonamides is 1. The Morgan fingerprint density at radius 2 is 2.13 bits per heavy atom. The van der Waals surface area contributed by atoms with Crippen LogP contribution in [-0.2, 0) is 16.6 Å². The molecule has 0 unspecified atom stereocenters. The Hall–Kier alpha value is -0.780. The molecule has 4 nitrogen and oxygen atoms in total. The predicted octanol–water partition coefficient (Wildman–Crippen LogP) is 1.16. The summed E-state index contributed by atoms with van der Waals surface area (Å²) in [5, 5.41) is 8.87. The van der Waals surface area contributed by atoms with Crippen LogP contribution < -0.4 is 4.72 Å². The molecule has 0 aliphatic rings. The molecule has 0 bridgehead atoms. The number of halogens is 1. The van der Waals surface area contributed by atoms with Gasteiger partial charge in [0, 0.05) is 11.6 Å². The molecular formula is C9H12ClNO3S. The van der Waals surface area contributed by atoms with E-state index in [9.17, 15) is 8.42 Å². The van der Waals surface area contributed by atoms with E-state index in [0.717, 1.165) is 0 Å². The molecule has 1 aromatic rings. The van der Waals surface area contributed by atoms with Gasteiger partial charge in [0.15, 0.2) is 0 Å². The second-order valence-corrected chi connectivity index (χ2v) is 5.19. The van der Waals surface area contributed by atoms with Crippen molar-refractivity contribution in [3.8, 4) is 0 Å². The van der Waals surface area contributed by atoms with E-state index >= 15 is 0 Å². The van der Waals surface area contributed by atoms with Crippen molar-refractivity contribution in [2.45, 2.75) is 6.61 Å². The van der Waals surface area contributed by atoms with E-state index in [4.69, 9.17) is 16.7 Å². The van der Waals surface area contributed by atoms with Gasteiger partial charge in [-0.2, -0.15) is 0 Å². The number of alkyl halides is 1. The molecule has 0 radical (unpaired) electrons. The Morgan fingerprint density at radius 3 is 2.73 bits per heavy atom. The van der Waals surface area contributed by atoms with Gasteiger partial charge in [0.05, 0.1) is 12.4 Å². The quantitative estimate of drug-likeness (QED) is 0.770. The van der Waals surface area contributed by atoms with Crippen LogP contribution >= 0.6 is 11.6 Å². The summed E-state index contributed by atoms with van der Waals surface area (Å²) in [4.78, 5) is 0. The van der Waals surface area contributed by atoms with Gasteiger partial charge in [-0.1, -0.05) is 12.1 Å². The molecule has 0 aliphatic carbocycles. The number of aliphatic hydroxyl groups excluding tert-OH is 1. The summed E-state index contributed by atoms with van der Waals surface area (Å²) in [5.74, 6) is -0.0765. The van der Waals surface area contributed by atoms with Gasteiger partial charge in [0.2, 0.25) is 10.0 Å². The maximum absolute atomic E-state index is 11.3. The zero-order valence-electron chi connectivity index (χ0n) is 7.98. The third-order valence-corrected chi connectivity index (χ3v) is 3.43. The van der Waals surface area contributed by atoms with Crippen LogP contribution in [0.1, 0.15) is 5.56 Å². The average Bonchev–Trinajstić information content (AvgIpc) is 2.17. The molecule has 1 aromatic carbocycles. The van der Waals surface area contributed by atoms with E-state index in [1.807, 2.05) is 0 Å². The van der Waals surface area contributed by atoms with Crippen molar-refractivity contribution in [1.29, 1.82) is 0 Å². The van der Waals surface area contributed by atoms with E-state index in [1.54, 1.807) is 24.3 Å². The van der Waals surface area contributed by atoms with Crippen LogP contribution in [0.3, 0.4) is 0 Å². The van der Waals surface area contributed by atoms with E-state index in [1.165, 1.54) is 0 Å². The molecule has 0 heterocycles. The molecule has 0 spiro atoms. The minimum atomic E-state index is -3.37. The molecule has 0 aromatic heterocycles. The van der Waals surface area contributed by atoms with Gasteiger partial charge >= 0.3 is 0 Å². The third-order valence-electron chi connectivity index (χ3n) is 1.73. The van der Waals surface area contributed by atoms with E-state index in [-0.39, 0.29) is 18.2 Å². The highest BCUT2D eigenvalue weighted by atomic mass is 35.5. The topological polar surface area (TPSA) is 66.4 Å². The van der Waals surface area contributed by atoms with Gasteiger partial charge in [-0.25, -0.2) is 8.42 Å². The second kappa shape index (κ2) is 5.34. The maximum Gasteiger partial charge on any atom is 0.233 e. The number of rotatable bonds is 5. The fourth-order valence-electron chi connectivity index (χ4n) is 1.07. The molecule has 0 atom stereocenters. The number of hydrogen-bond donors (Lipinski definition) is 2. The zero-order chi connectivity index (χ0) is 11.3. The lowest BCUT2D eigenvalue weighted by atomic mass is 10.2. The van der Waals surface area contributed by atoms with Crippen molar-refractivity contribution >= 4 is 27.3 Å². The lowest BCUT2D eigenvalue weighted by Crippen LogP contribution is -2.17. The highest BCUT2D eigenvalue weighted by Gasteiger charge is 2.08. The van der Waals surface area contributed by atoms with Crippen LogP contribution in [0.25, 0.3) is 0 Å². The minimum absolute atomic E-state index is 0.0506. The molecular weight excluding hydrogens is 238 g/mol. The van der Waals surface area contributed by atoms with Crippen molar-refractivity contribution < 1.29 is 13.5 Å². The summed E-state index contributed by atoms with van der Waals surface area (Å²) in [5.41, 5.74) is 1.09. The standard InChI is InChI=1S/C9H12ClNO3S/c10-4-5-15(13,14)11-9-3-1-2-8(6-9)7-12/h1-3,6,11-12H,4-5,7H2. The Kier molecular flexibility index (Phi) is 4.38. The largest absolute Gasteiger partial charge is 0.392 e. The van der Waals surface area contributed by atoms with E-state index < -0.39 is 10.0 Å². The first-order valence-electron chi connectivity index (χ1n) is 4.33. The lowest BCUT2D eigenvalue weighted by molar-refractivity contribution is 0.282. The number of anilines is 1. The van der Waals surface area contributed by atoms with Crippen LogP contribution in [-0.4, -0.2) is 25.2 Å². The molecule has 84 valence electrons. The Morgan fingerprint density at radius 1 is 1.40 bits per heavy atom.